The zero-order valence-corrected chi connectivity index (χ0v) is 21.4. The van der Waals surface area contributed by atoms with Crippen molar-refractivity contribution in [3.63, 3.8) is 0 Å². The lowest BCUT2D eigenvalue weighted by Crippen LogP contribution is -2.09. The Morgan fingerprint density at radius 3 is 2.28 bits per heavy atom. The maximum Gasteiger partial charge on any atom is 0.176 e. The molecule has 0 saturated heterocycles. The first-order valence-corrected chi connectivity index (χ1v) is 12.8. The fraction of sp³-hybridized carbons (Fsp3) is 0.167. The Morgan fingerprint density at radius 1 is 0.889 bits per heavy atom. The molecule has 2 heterocycles. The van der Waals surface area contributed by atoms with Crippen molar-refractivity contribution in [2.75, 3.05) is 12.9 Å². The van der Waals surface area contributed by atoms with E-state index in [1.54, 1.807) is 7.11 Å². The predicted molar refractivity (Wildman–Crippen MR) is 145 cm³/mol. The molecular weight excluding hydrogens is 466 g/mol. The topological polar surface area (TPSA) is 56.5 Å². The first-order valence-electron chi connectivity index (χ1n) is 11.8. The van der Waals surface area contributed by atoms with Gasteiger partial charge in [0.2, 0.25) is 0 Å². The van der Waals surface area contributed by atoms with Crippen LogP contribution in [0.4, 0.5) is 0 Å². The SMILES string of the molecule is COc1ccccc1C(=O)CSc1c(Cc2ccccc2)c(C)nc2c(-c3ccccc3)c(C)nn12. The number of carbonyl (C=O) groups is 1. The van der Waals surface area contributed by atoms with Gasteiger partial charge in [0.15, 0.2) is 11.4 Å². The van der Waals surface area contributed by atoms with Crippen LogP contribution in [0.3, 0.4) is 0 Å². The Hall–Kier alpha value is -3.90. The van der Waals surface area contributed by atoms with Gasteiger partial charge in [0.05, 0.1) is 24.1 Å². The van der Waals surface area contributed by atoms with Gasteiger partial charge in [0, 0.05) is 23.2 Å². The molecule has 5 nitrogen and oxygen atoms in total. The highest BCUT2D eigenvalue weighted by Crippen LogP contribution is 2.34. The van der Waals surface area contributed by atoms with Gasteiger partial charge in [-0.3, -0.25) is 4.79 Å². The normalized spacial score (nSPS) is 11.1. The number of hydrogen-bond donors (Lipinski definition) is 0. The average Bonchev–Trinajstić information content (AvgIpc) is 3.24. The monoisotopic (exact) mass is 493 g/mol. The molecule has 0 unspecified atom stereocenters. The number of thioether (sulfide) groups is 1. The molecule has 0 aliphatic heterocycles. The lowest BCUT2D eigenvalue weighted by atomic mass is 10.0. The van der Waals surface area contributed by atoms with Crippen LogP contribution in [0.5, 0.6) is 5.75 Å². The minimum atomic E-state index is 0.0119. The van der Waals surface area contributed by atoms with Crippen LogP contribution in [0.1, 0.15) is 32.9 Å². The van der Waals surface area contributed by atoms with Crippen molar-refractivity contribution >= 4 is 23.2 Å². The Balaban J connectivity index is 1.61. The van der Waals surface area contributed by atoms with Crippen LogP contribution in [0.25, 0.3) is 16.8 Å². The van der Waals surface area contributed by atoms with Gasteiger partial charge in [-0.2, -0.15) is 5.10 Å². The number of methoxy groups -OCH3 is 1. The molecule has 0 atom stereocenters. The van der Waals surface area contributed by atoms with Crippen LogP contribution in [-0.4, -0.2) is 33.2 Å². The molecule has 5 aromatic rings. The Morgan fingerprint density at radius 2 is 1.56 bits per heavy atom. The third kappa shape index (κ3) is 4.64. The van der Waals surface area contributed by atoms with E-state index in [4.69, 9.17) is 14.8 Å². The molecule has 6 heteroatoms. The van der Waals surface area contributed by atoms with Gasteiger partial charge >= 0.3 is 0 Å². The minimum Gasteiger partial charge on any atom is -0.496 e. The summed E-state index contributed by atoms with van der Waals surface area (Å²) in [5.41, 5.74) is 7.59. The maximum atomic E-state index is 13.2. The third-order valence-corrected chi connectivity index (χ3v) is 7.33. The van der Waals surface area contributed by atoms with Crippen LogP contribution in [0.15, 0.2) is 90.0 Å². The van der Waals surface area contributed by atoms with E-state index >= 15 is 0 Å². The molecular formula is C30H27N3O2S. The second-order valence-electron chi connectivity index (χ2n) is 8.62. The number of Topliss-reactive ketones (excluding diaryl/α,β-unsaturated/α-hetero) is 1. The number of nitrogens with zero attached hydrogens (tertiary/aromatic N) is 3. The van der Waals surface area contributed by atoms with Gasteiger partial charge in [0.25, 0.3) is 0 Å². The van der Waals surface area contributed by atoms with E-state index in [2.05, 4.69) is 24.3 Å². The number of benzene rings is 3. The van der Waals surface area contributed by atoms with E-state index in [0.717, 1.165) is 38.8 Å². The summed E-state index contributed by atoms with van der Waals surface area (Å²) in [6, 6.07) is 27.9. The van der Waals surface area contributed by atoms with E-state index in [0.29, 0.717) is 17.7 Å². The van der Waals surface area contributed by atoms with Crippen molar-refractivity contribution in [3.8, 4) is 16.9 Å². The fourth-order valence-electron chi connectivity index (χ4n) is 4.45. The number of aryl methyl sites for hydroxylation is 2. The largest absolute Gasteiger partial charge is 0.496 e. The molecule has 36 heavy (non-hydrogen) atoms. The highest BCUT2D eigenvalue weighted by Gasteiger charge is 2.22. The lowest BCUT2D eigenvalue weighted by molar-refractivity contribution is 0.101. The van der Waals surface area contributed by atoms with E-state index < -0.39 is 0 Å². The van der Waals surface area contributed by atoms with Crippen molar-refractivity contribution < 1.29 is 9.53 Å². The molecule has 0 aliphatic rings. The number of ether oxygens (including phenoxy) is 1. The minimum absolute atomic E-state index is 0.0119. The smallest absolute Gasteiger partial charge is 0.176 e. The molecule has 0 N–H and O–H groups in total. The molecule has 0 radical (unpaired) electrons. The van der Waals surface area contributed by atoms with Crippen LogP contribution < -0.4 is 4.74 Å². The molecule has 0 saturated carbocycles. The van der Waals surface area contributed by atoms with Crippen LogP contribution >= 0.6 is 11.8 Å². The molecule has 0 bridgehead atoms. The molecule has 0 aliphatic carbocycles. The molecule has 0 fully saturated rings. The van der Waals surface area contributed by atoms with Gasteiger partial charge in [-0.15, -0.1) is 0 Å². The van der Waals surface area contributed by atoms with Crippen LogP contribution in [0, 0.1) is 13.8 Å². The third-order valence-electron chi connectivity index (χ3n) is 6.23. The molecule has 0 spiro atoms. The Kier molecular flexibility index (Phi) is 6.87. The number of fused-ring (bicyclic) bond motifs is 1. The van der Waals surface area contributed by atoms with Crippen molar-refractivity contribution in [1.29, 1.82) is 0 Å². The summed E-state index contributed by atoms with van der Waals surface area (Å²) in [6.07, 6.45) is 0.709. The average molecular weight is 494 g/mol. The van der Waals surface area contributed by atoms with E-state index in [-0.39, 0.29) is 11.5 Å². The predicted octanol–water partition coefficient (Wildman–Crippen LogP) is 6.59. The summed E-state index contributed by atoms with van der Waals surface area (Å²) in [6.45, 7) is 4.05. The molecule has 180 valence electrons. The summed E-state index contributed by atoms with van der Waals surface area (Å²) < 4.78 is 7.34. The van der Waals surface area contributed by atoms with Crippen molar-refractivity contribution in [1.82, 2.24) is 14.6 Å². The van der Waals surface area contributed by atoms with E-state index in [1.807, 2.05) is 79.0 Å². The molecule has 0 amide bonds. The van der Waals surface area contributed by atoms with Gasteiger partial charge < -0.3 is 4.74 Å². The van der Waals surface area contributed by atoms with Gasteiger partial charge in [-0.25, -0.2) is 9.50 Å². The van der Waals surface area contributed by atoms with Gasteiger partial charge in [0.1, 0.15) is 10.8 Å². The molecule has 5 rings (SSSR count). The summed E-state index contributed by atoms with van der Waals surface area (Å²) in [5.74, 6) is 0.864. The molecule has 2 aromatic heterocycles. The number of carbonyl (C=O) groups excluding carboxylic acids is 1. The lowest BCUT2D eigenvalue weighted by Gasteiger charge is -2.15. The zero-order valence-electron chi connectivity index (χ0n) is 20.6. The number of ketones is 1. The quantitative estimate of drug-likeness (QED) is 0.139. The van der Waals surface area contributed by atoms with Crippen molar-refractivity contribution in [2.45, 2.75) is 25.3 Å². The first-order chi connectivity index (χ1) is 17.6. The Labute approximate surface area is 215 Å². The summed E-state index contributed by atoms with van der Waals surface area (Å²) >= 11 is 1.50. The van der Waals surface area contributed by atoms with Gasteiger partial charge in [-0.05, 0) is 37.1 Å². The van der Waals surface area contributed by atoms with Crippen molar-refractivity contribution in [2.24, 2.45) is 0 Å². The summed E-state index contributed by atoms with van der Waals surface area (Å²) in [5, 5.41) is 5.85. The maximum absolute atomic E-state index is 13.2. The summed E-state index contributed by atoms with van der Waals surface area (Å²) in [7, 11) is 1.59. The second-order valence-corrected chi connectivity index (χ2v) is 9.58. The number of para-hydroxylation sites is 1. The summed E-state index contributed by atoms with van der Waals surface area (Å²) in [4.78, 5) is 18.3. The van der Waals surface area contributed by atoms with Crippen LogP contribution in [-0.2, 0) is 6.42 Å². The zero-order chi connectivity index (χ0) is 25.1. The van der Waals surface area contributed by atoms with E-state index in [1.165, 1.54) is 17.3 Å². The number of aromatic nitrogens is 3. The first kappa shape index (κ1) is 23.8. The van der Waals surface area contributed by atoms with Crippen LogP contribution in [0.2, 0.25) is 0 Å². The second kappa shape index (κ2) is 10.4. The van der Waals surface area contributed by atoms with E-state index in [9.17, 15) is 4.79 Å². The number of rotatable bonds is 8. The van der Waals surface area contributed by atoms with Gasteiger partial charge in [-0.1, -0.05) is 84.6 Å². The highest BCUT2D eigenvalue weighted by molar-refractivity contribution is 8.00. The highest BCUT2D eigenvalue weighted by atomic mass is 32.2. The fourth-order valence-corrected chi connectivity index (χ4v) is 5.52. The molecule has 3 aromatic carbocycles. The van der Waals surface area contributed by atoms with Crippen molar-refractivity contribution in [3.05, 3.63) is 113 Å². The standard InChI is InChI=1S/C30H27N3O2S/c1-20-25(18-22-12-6-4-7-13-22)30(36-19-26(34)24-16-10-11-17-27(24)35-3)33-29(31-20)28(21(2)32-33)23-14-8-5-9-15-23/h4-17H,18-19H2,1-3H3. The Bertz CT molecular complexity index is 1530. The number of hydrogen-bond acceptors (Lipinski definition) is 5.